The summed E-state index contributed by atoms with van der Waals surface area (Å²) in [7, 11) is -1.95. The quantitative estimate of drug-likeness (QED) is 0.521. The Bertz CT molecular complexity index is 1160. The van der Waals surface area contributed by atoms with Gasteiger partial charge in [0.05, 0.1) is 32.2 Å². The fourth-order valence-electron chi connectivity index (χ4n) is 3.11. The largest absolute Gasteiger partial charge is 0.497 e. The Labute approximate surface area is 188 Å². The van der Waals surface area contributed by atoms with Gasteiger partial charge in [0, 0.05) is 17.3 Å². The molecule has 1 N–H and O–H groups in total. The molecule has 0 saturated heterocycles. The van der Waals surface area contributed by atoms with E-state index >= 15 is 0 Å². The van der Waals surface area contributed by atoms with E-state index in [9.17, 15) is 13.2 Å². The molecule has 0 saturated carbocycles. The van der Waals surface area contributed by atoms with E-state index in [4.69, 9.17) is 9.47 Å². The Morgan fingerprint density at radius 3 is 2.25 bits per heavy atom. The van der Waals surface area contributed by atoms with Crippen molar-refractivity contribution in [1.82, 2.24) is 0 Å². The monoisotopic (exact) mass is 454 g/mol. The molecule has 3 aromatic rings. The number of carbonyl (C=O) groups is 1. The van der Waals surface area contributed by atoms with Crippen LogP contribution in [0.2, 0.25) is 0 Å². The standard InChI is InChI=1S/C24H26N2O5S/c1-4-31-22-14-12-21(13-15-22)26(32(3,28)29)17-18-8-10-19(11-9-18)24(27)25-20-6-5-7-23(16-20)30-2/h5-16H,4,17H2,1-3H3,(H,25,27). The smallest absolute Gasteiger partial charge is 0.255 e. The highest BCUT2D eigenvalue weighted by Crippen LogP contribution is 2.24. The molecule has 3 rings (SSSR count). The van der Waals surface area contributed by atoms with E-state index in [2.05, 4.69) is 5.32 Å². The summed E-state index contributed by atoms with van der Waals surface area (Å²) in [4.78, 5) is 12.5. The lowest BCUT2D eigenvalue weighted by Crippen LogP contribution is -2.29. The van der Waals surface area contributed by atoms with Crippen LogP contribution in [-0.4, -0.2) is 34.3 Å². The van der Waals surface area contributed by atoms with Gasteiger partial charge in [0.2, 0.25) is 10.0 Å². The molecular weight excluding hydrogens is 428 g/mol. The molecule has 0 fully saturated rings. The number of hydrogen-bond donors (Lipinski definition) is 1. The van der Waals surface area contributed by atoms with Crippen LogP contribution in [0, 0.1) is 0 Å². The van der Waals surface area contributed by atoms with Gasteiger partial charge in [-0.15, -0.1) is 0 Å². The van der Waals surface area contributed by atoms with Crippen LogP contribution in [0.1, 0.15) is 22.8 Å². The van der Waals surface area contributed by atoms with Crippen molar-refractivity contribution < 1.29 is 22.7 Å². The molecule has 0 radical (unpaired) electrons. The summed E-state index contributed by atoms with van der Waals surface area (Å²) in [5, 5.41) is 2.82. The summed E-state index contributed by atoms with van der Waals surface area (Å²) in [5.41, 5.74) is 2.37. The van der Waals surface area contributed by atoms with Crippen LogP contribution in [0.5, 0.6) is 11.5 Å². The van der Waals surface area contributed by atoms with Crippen LogP contribution in [-0.2, 0) is 16.6 Å². The van der Waals surface area contributed by atoms with Gasteiger partial charge < -0.3 is 14.8 Å². The number of ether oxygens (including phenoxy) is 2. The highest BCUT2D eigenvalue weighted by Gasteiger charge is 2.18. The molecule has 7 nitrogen and oxygen atoms in total. The molecule has 0 atom stereocenters. The van der Waals surface area contributed by atoms with E-state index in [1.807, 2.05) is 6.92 Å². The third-order valence-electron chi connectivity index (χ3n) is 4.71. The zero-order valence-electron chi connectivity index (χ0n) is 18.2. The van der Waals surface area contributed by atoms with Gasteiger partial charge in [0.1, 0.15) is 11.5 Å². The first-order valence-electron chi connectivity index (χ1n) is 10.0. The first-order chi connectivity index (χ1) is 15.3. The summed E-state index contributed by atoms with van der Waals surface area (Å²) in [6, 6.07) is 20.8. The third kappa shape index (κ3) is 6.01. The Morgan fingerprint density at radius 2 is 1.66 bits per heavy atom. The van der Waals surface area contributed by atoms with Crippen LogP contribution < -0.4 is 19.1 Å². The van der Waals surface area contributed by atoms with Crippen molar-refractivity contribution in [1.29, 1.82) is 0 Å². The van der Waals surface area contributed by atoms with E-state index in [-0.39, 0.29) is 12.5 Å². The minimum absolute atomic E-state index is 0.143. The fourth-order valence-corrected chi connectivity index (χ4v) is 4.00. The van der Waals surface area contributed by atoms with Gasteiger partial charge in [-0.2, -0.15) is 0 Å². The van der Waals surface area contributed by atoms with Crippen LogP contribution in [0.3, 0.4) is 0 Å². The Kier molecular flexibility index (Phi) is 7.37. The lowest BCUT2D eigenvalue weighted by Gasteiger charge is -2.23. The van der Waals surface area contributed by atoms with E-state index in [1.165, 1.54) is 10.6 Å². The summed E-state index contributed by atoms with van der Waals surface area (Å²) in [6.45, 7) is 2.56. The van der Waals surface area contributed by atoms with Gasteiger partial charge in [-0.05, 0) is 61.0 Å². The SMILES string of the molecule is CCOc1ccc(N(Cc2ccc(C(=O)Nc3cccc(OC)c3)cc2)S(C)(=O)=O)cc1. The van der Waals surface area contributed by atoms with E-state index < -0.39 is 10.0 Å². The summed E-state index contributed by atoms with van der Waals surface area (Å²) in [6.07, 6.45) is 1.17. The van der Waals surface area contributed by atoms with E-state index in [0.717, 1.165) is 5.56 Å². The molecule has 168 valence electrons. The number of carbonyl (C=O) groups excluding carboxylic acids is 1. The molecule has 1 amide bonds. The Hall–Kier alpha value is -3.52. The Balaban J connectivity index is 1.73. The number of benzene rings is 3. The highest BCUT2D eigenvalue weighted by atomic mass is 32.2. The lowest BCUT2D eigenvalue weighted by atomic mass is 10.1. The molecule has 0 aliphatic carbocycles. The number of methoxy groups -OCH3 is 1. The third-order valence-corrected chi connectivity index (χ3v) is 5.85. The molecule has 0 aliphatic heterocycles. The maximum absolute atomic E-state index is 12.5. The second-order valence-electron chi connectivity index (χ2n) is 7.08. The zero-order chi connectivity index (χ0) is 23.1. The Morgan fingerprint density at radius 1 is 0.969 bits per heavy atom. The first kappa shape index (κ1) is 23.1. The predicted octanol–water partition coefficient (Wildman–Crippen LogP) is 4.31. The number of nitrogens with one attached hydrogen (secondary N) is 1. The maximum atomic E-state index is 12.5. The average molecular weight is 455 g/mol. The van der Waals surface area contributed by atoms with Crippen LogP contribution in [0.25, 0.3) is 0 Å². The topological polar surface area (TPSA) is 84.9 Å². The molecule has 8 heteroatoms. The number of amides is 1. The normalized spacial score (nSPS) is 11.0. The molecule has 0 aromatic heterocycles. The summed E-state index contributed by atoms with van der Waals surface area (Å²) in [5.74, 6) is 1.06. The minimum Gasteiger partial charge on any atom is -0.497 e. The number of rotatable bonds is 9. The minimum atomic E-state index is -3.51. The van der Waals surface area contributed by atoms with Crippen molar-refractivity contribution in [2.45, 2.75) is 13.5 Å². The first-order valence-corrected chi connectivity index (χ1v) is 11.9. The van der Waals surface area contributed by atoms with Gasteiger partial charge in [0.25, 0.3) is 5.91 Å². The van der Waals surface area contributed by atoms with Gasteiger partial charge in [-0.1, -0.05) is 18.2 Å². The van der Waals surface area contributed by atoms with E-state index in [0.29, 0.717) is 35.0 Å². The number of nitrogens with zero attached hydrogens (tertiary/aromatic N) is 1. The lowest BCUT2D eigenvalue weighted by molar-refractivity contribution is 0.102. The number of sulfonamides is 1. The van der Waals surface area contributed by atoms with Crippen molar-refractivity contribution in [3.8, 4) is 11.5 Å². The van der Waals surface area contributed by atoms with Crippen LogP contribution in [0.15, 0.2) is 72.8 Å². The molecule has 0 aliphatic rings. The van der Waals surface area contributed by atoms with E-state index in [1.54, 1.807) is 79.9 Å². The molecular formula is C24H26N2O5S. The highest BCUT2D eigenvalue weighted by molar-refractivity contribution is 7.92. The van der Waals surface area contributed by atoms with Gasteiger partial charge >= 0.3 is 0 Å². The van der Waals surface area contributed by atoms with Crippen molar-refractivity contribution in [2.24, 2.45) is 0 Å². The second kappa shape index (κ2) is 10.2. The average Bonchev–Trinajstić information content (AvgIpc) is 2.78. The van der Waals surface area contributed by atoms with Crippen LogP contribution >= 0.6 is 0 Å². The second-order valence-corrected chi connectivity index (χ2v) is 8.99. The number of hydrogen-bond acceptors (Lipinski definition) is 5. The molecule has 0 unspecified atom stereocenters. The van der Waals surface area contributed by atoms with Crippen molar-refractivity contribution in [3.63, 3.8) is 0 Å². The van der Waals surface area contributed by atoms with Crippen LogP contribution in [0.4, 0.5) is 11.4 Å². The van der Waals surface area contributed by atoms with Gasteiger partial charge in [-0.3, -0.25) is 9.10 Å². The van der Waals surface area contributed by atoms with Gasteiger partial charge in [0.15, 0.2) is 0 Å². The molecule has 0 bridgehead atoms. The summed E-state index contributed by atoms with van der Waals surface area (Å²) < 4.78 is 36.7. The zero-order valence-corrected chi connectivity index (χ0v) is 19.1. The molecule has 0 spiro atoms. The number of anilines is 2. The predicted molar refractivity (Wildman–Crippen MR) is 126 cm³/mol. The molecule has 3 aromatic carbocycles. The van der Waals surface area contributed by atoms with Gasteiger partial charge in [-0.25, -0.2) is 8.42 Å². The van der Waals surface area contributed by atoms with Crippen molar-refractivity contribution >= 4 is 27.3 Å². The summed E-state index contributed by atoms with van der Waals surface area (Å²) >= 11 is 0. The van der Waals surface area contributed by atoms with Crippen molar-refractivity contribution in [3.05, 3.63) is 83.9 Å². The maximum Gasteiger partial charge on any atom is 0.255 e. The molecule has 0 heterocycles. The fraction of sp³-hybridized carbons (Fsp3) is 0.208. The molecule has 32 heavy (non-hydrogen) atoms. The van der Waals surface area contributed by atoms with Crippen molar-refractivity contribution in [2.75, 3.05) is 29.6 Å².